The molecule has 4 fully saturated rings. The first-order chi connectivity index (χ1) is 10.8. The third kappa shape index (κ3) is 2.43. The first-order valence-electron chi connectivity index (χ1n) is 8.92. The van der Waals surface area contributed by atoms with Crippen molar-refractivity contribution in [3.05, 3.63) is 0 Å². The maximum absolute atomic E-state index is 12.6. The molecule has 4 aliphatic rings. The number of carbonyl (C=O) groups excluding carboxylic acids is 2. The third-order valence-corrected chi connectivity index (χ3v) is 7.08. The molecule has 1 aliphatic heterocycles. The summed E-state index contributed by atoms with van der Waals surface area (Å²) < 4.78 is 4.64. The minimum Gasteiger partial charge on any atom is -0.453 e. The third-order valence-electron chi connectivity index (χ3n) is 7.08. The molecule has 3 saturated carbocycles. The highest BCUT2D eigenvalue weighted by atomic mass is 16.5. The Morgan fingerprint density at radius 2 is 1.70 bits per heavy atom. The number of ether oxygens (including phenoxy) is 1. The maximum atomic E-state index is 12.6. The highest BCUT2D eigenvalue weighted by Gasteiger charge is 2.61. The van der Waals surface area contributed by atoms with Crippen LogP contribution in [-0.2, 0) is 9.53 Å². The normalized spacial score (nSPS) is 36.5. The van der Waals surface area contributed by atoms with Crippen molar-refractivity contribution in [2.75, 3.05) is 20.2 Å². The molecule has 0 unspecified atom stereocenters. The SMILES string of the molecule is COC(=O)NC1(C)CC(C(=O)N2CC3(CC(C4(C)CC4)C3)C2)C1. The van der Waals surface area contributed by atoms with Crippen LogP contribution in [0.2, 0.25) is 0 Å². The number of nitrogens with zero attached hydrogens (tertiary/aromatic N) is 1. The molecular formula is C18H28N2O3. The number of methoxy groups -OCH3 is 1. The molecule has 23 heavy (non-hydrogen) atoms. The van der Waals surface area contributed by atoms with Gasteiger partial charge in [0.25, 0.3) is 0 Å². The van der Waals surface area contributed by atoms with Crippen LogP contribution < -0.4 is 5.32 Å². The second-order valence-electron chi connectivity index (χ2n) is 9.24. The van der Waals surface area contributed by atoms with Gasteiger partial charge in [-0.1, -0.05) is 6.92 Å². The summed E-state index contributed by atoms with van der Waals surface area (Å²) in [5.41, 5.74) is 0.826. The summed E-state index contributed by atoms with van der Waals surface area (Å²) in [4.78, 5) is 25.9. The number of alkyl carbamates (subject to hydrolysis) is 1. The van der Waals surface area contributed by atoms with E-state index in [1.54, 1.807) is 0 Å². The van der Waals surface area contributed by atoms with E-state index in [0.29, 0.717) is 16.7 Å². The number of likely N-dealkylation sites (tertiary alicyclic amines) is 1. The lowest BCUT2D eigenvalue weighted by Gasteiger charge is -2.62. The van der Waals surface area contributed by atoms with Gasteiger partial charge >= 0.3 is 6.09 Å². The molecule has 1 heterocycles. The second kappa shape index (κ2) is 4.64. The fraction of sp³-hybridized carbons (Fsp3) is 0.889. The summed E-state index contributed by atoms with van der Waals surface area (Å²) in [6.45, 7) is 6.35. The monoisotopic (exact) mass is 320 g/mol. The molecule has 1 spiro atoms. The molecule has 2 amide bonds. The van der Waals surface area contributed by atoms with E-state index in [9.17, 15) is 9.59 Å². The van der Waals surface area contributed by atoms with Crippen LogP contribution in [0.5, 0.6) is 0 Å². The number of hydrogen-bond acceptors (Lipinski definition) is 3. The quantitative estimate of drug-likeness (QED) is 0.869. The van der Waals surface area contributed by atoms with E-state index in [-0.39, 0.29) is 11.5 Å². The van der Waals surface area contributed by atoms with Crippen molar-refractivity contribution in [1.82, 2.24) is 10.2 Å². The van der Waals surface area contributed by atoms with Crippen molar-refractivity contribution in [1.29, 1.82) is 0 Å². The lowest BCUT2D eigenvalue weighted by Crippen LogP contribution is -2.67. The van der Waals surface area contributed by atoms with Crippen LogP contribution >= 0.6 is 0 Å². The molecule has 0 bridgehead atoms. The Bertz CT molecular complexity index is 534. The van der Waals surface area contributed by atoms with E-state index in [2.05, 4.69) is 17.0 Å². The van der Waals surface area contributed by atoms with Gasteiger partial charge < -0.3 is 15.0 Å². The van der Waals surface area contributed by atoms with Crippen LogP contribution in [0, 0.1) is 22.7 Å². The Kier molecular flexibility index (Phi) is 3.08. The minimum absolute atomic E-state index is 0.0753. The van der Waals surface area contributed by atoms with Gasteiger partial charge in [0.2, 0.25) is 5.91 Å². The van der Waals surface area contributed by atoms with Crippen molar-refractivity contribution < 1.29 is 14.3 Å². The van der Waals surface area contributed by atoms with Crippen LogP contribution in [0.3, 0.4) is 0 Å². The van der Waals surface area contributed by atoms with Crippen LogP contribution in [0.4, 0.5) is 4.79 Å². The molecule has 5 nitrogen and oxygen atoms in total. The molecule has 0 aromatic heterocycles. The van der Waals surface area contributed by atoms with Crippen molar-refractivity contribution in [3.63, 3.8) is 0 Å². The van der Waals surface area contributed by atoms with E-state index < -0.39 is 6.09 Å². The number of amides is 2. The highest BCUT2D eigenvalue weighted by molar-refractivity contribution is 5.82. The smallest absolute Gasteiger partial charge is 0.407 e. The van der Waals surface area contributed by atoms with E-state index in [4.69, 9.17) is 0 Å². The maximum Gasteiger partial charge on any atom is 0.407 e. The molecule has 0 aromatic carbocycles. The summed E-state index contributed by atoms with van der Waals surface area (Å²) in [5.74, 6) is 1.28. The standard InChI is InChI=1S/C18H28N2O3/c1-16(4-5-16)13-8-18(9-13)10-20(11-18)14(21)12-6-17(2,7-12)19-15(22)23-3/h12-13H,4-11H2,1-3H3,(H,19,22). The van der Waals surface area contributed by atoms with Gasteiger partial charge in [0, 0.05) is 30.0 Å². The summed E-state index contributed by atoms with van der Waals surface area (Å²) in [6.07, 6.45) is 6.53. The average Bonchev–Trinajstić information content (AvgIpc) is 3.10. The van der Waals surface area contributed by atoms with Gasteiger partial charge in [0.05, 0.1) is 7.11 Å². The van der Waals surface area contributed by atoms with Gasteiger partial charge in [-0.3, -0.25) is 4.79 Å². The Labute approximate surface area is 138 Å². The van der Waals surface area contributed by atoms with Crippen molar-refractivity contribution in [2.24, 2.45) is 22.7 Å². The predicted octanol–water partition coefficient (Wildman–Crippen LogP) is 2.55. The molecular weight excluding hydrogens is 292 g/mol. The van der Waals surface area contributed by atoms with E-state index >= 15 is 0 Å². The Hall–Kier alpha value is -1.26. The zero-order chi connectivity index (χ0) is 16.5. The number of nitrogens with one attached hydrogen (secondary N) is 1. The van der Waals surface area contributed by atoms with E-state index in [1.165, 1.54) is 32.8 Å². The Balaban J connectivity index is 1.22. The fourth-order valence-corrected chi connectivity index (χ4v) is 5.12. The zero-order valence-corrected chi connectivity index (χ0v) is 14.5. The number of rotatable bonds is 3. The van der Waals surface area contributed by atoms with Crippen molar-refractivity contribution in [3.8, 4) is 0 Å². The van der Waals surface area contributed by atoms with Crippen LogP contribution in [0.1, 0.15) is 52.4 Å². The van der Waals surface area contributed by atoms with Crippen molar-refractivity contribution >= 4 is 12.0 Å². The first kappa shape index (κ1) is 15.3. The topological polar surface area (TPSA) is 58.6 Å². The summed E-state index contributed by atoms with van der Waals surface area (Å²) >= 11 is 0. The van der Waals surface area contributed by atoms with Crippen LogP contribution in [0.15, 0.2) is 0 Å². The van der Waals surface area contributed by atoms with E-state index in [1.807, 2.05) is 11.8 Å². The molecule has 0 radical (unpaired) electrons. The molecule has 128 valence electrons. The lowest BCUT2D eigenvalue weighted by molar-refractivity contribution is -0.167. The Morgan fingerprint density at radius 3 is 2.22 bits per heavy atom. The molecule has 1 saturated heterocycles. The second-order valence-corrected chi connectivity index (χ2v) is 9.24. The van der Waals surface area contributed by atoms with Gasteiger partial charge in [0.1, 0.15) is 0 Å². The Morgan fingerprint density at radius 1 is 1.09 bits per heavy atom. The van der Waals surface area contributed by atoms with Crippen molar-refractivity contribution in [2.45, 2.75) is 57.9 Å². The highest BCUT2D eigenvalue weighted by Crippen LogP contribution is 2.65. The van der Waals surface area contributed by atoms with Gasteiger partial charge in [-0.15, -0.1) is 0 Å². The van der Waals surface area contributed by atoms with Gasteiger partial charge in [0.15, 0.2) is 0 Å². The largest absolute Gasteiger partial charge is 0.453 e. The first-order valence-corrected chi connectivity index (χ1v) is 8.92. The molecule has 4 rings (SSSR count). The summed E-state index contributed by atoms with van der Waals surface area (Å²) in [5, 5.41) is 2.84. The molecule has 0 aromatic rings. The average molecular weight is 320 g/mol. The van der Waals surface area contributed by atoms with Gasteiger partial charge in [-0.25, -0.2) is 4.79 Å². The molecule has 3 aliphatic carbocycles. The number of hydrogen-bond donors (Lipinski definition) is 1. The summed E-state index contributed by atoms with van der Waals surface area (Å²) in [7, 11) is 1.37. The van der Waals surface area contributed by atoms with E-state index in [0.717, 1.165) is 31.8 Å². The van der Waals surface area contributed by atoms with Gasteiger partial charge in [-0.05, 0) is 56.8 Å². The lowest BCUT2D eigenvalue weighted by atomic mass is 9.53. The fourth-order valence-electron chi connectivity index (χ4n) is 5.12. The van der Waals surface area contributed by atoms with Crippen LogP contribution in [-0.4, -0.2) is 42.6 Å². The summed E-state index contributed by atoms with van der Waals surface area (Å²) in [6, 6.07) is 0. The van der Waals surface area contributed by atoms with Gasteiger partial charge in [-0.2, -0.15) is 0 Å². The van der Waals surface area contributed by atoms with Crippen LogP contribution in [0.25, 0.3) is 0 Å². The predicted molar refractivity (Wildman–Crippen MR) is 85.7 cm³/mol. The number of carbonyl (C=O) groups is 2. The zero-order valence-electron chi connectivity index (χ0n) is 14.5. The molecule has 0 atom stereocenters. The minimum atomic E-state index is -0.407. The molecule has 5 heteroatoms. The molecule has 1 N–H and O–H groups in total.